The summed E-state index contributed by atoms with van der Waals surface area (Å²) in [5.74, 6) is 0.253. The van der Waals surface area contributed by atoms with Gasteiger partial charge in [-0.3, -0.25) is 9.48 Å². The molecule has 7 nitrogen and oxygen atoms in total. The SMILES string of the molecule is CC(C)COCCNC(=O)c1cn(CCN)nn1. The molecule has 102 valence electrons. The van der Waals surface area contributed by atoms with Crippen LogP contribution in [0.25, 0.3) is 0 Å². The Bertz CT molecular complexity index is 364. The van der Waals surface area contributed by atoms with E-state index >= 15 is 0 Å². The molecule has 0 aliphatic rings. The Labute approximate surface area is 107 Å². The molecule has 0 bridgehead atoms. The molecule has 0 fully saturated rings. The number of hydrogen-bond donors (Lipinski definition) is 2. The highest BCUT2D eigenvalue weighted by Crippen LogP contribution is 1.93. The summed E-state index contributed by atoms with van der Waals surface area (Å²) in [7, 11) is 0. The summed E-state index contributed by atoms with van der Waals surface area (Å²) in [6, 6.07) is 0. The Balaban J connectivity index is 2.23. The summed E-state index contributed by atoms with van der Waals surface area (Å²) >= 11 is 0. The van der Waals surface area contributed by atoms with Crippen molar-refractivity contribution < 1.29 is 9.53 Å². The maximum absolute atomic E-state index is 11.6. The average Bonchev–Trinajstić information content (AvgIpc) is 2.77. The number of nitrogens with one attached hydrogen (secondary N) is 1. The minimum atomic E-state index is -0.244. The third kappa shape index (κ3) is 5.24. The van der Waals surface area contributed by atoms with E-state index in [9.17, 15) is 4.79 Å². The van der Waals surface area contributed by atoms with Crippen molar-refractivity contribution >= 4 is 5.91 Å². The van der Waals surface area contributed by atoms with Crippen LogP contribution in [0.1, 0.15) is 24.3 Å². The highest BCUT2D eigenvalue weighted by atomic mass is 16.5. The van der Waals surface area contributed by atoms with E-state index in [-0.39, 0.29) is 5.91 Å². The number of carbonyl (C=O) groups excluding carboxylic acids is 1. The van der Waals surface area contributed by atoms with E-state index < -0.39 is 0 Å². The van der Waals surface area contributed by atoms with Crippen LogP contribution >= 0.6 is 0 Å². The molecule has 0 unspecified atom stereocenters. The Morgan fingerprint density at radius 3 is 3.06 bits per heavy atom. The number of amides is 1. The number of ether oxygens (including phenoxy) is 1. The fourth-order valence-corrected chi connectivity index (χ4v) is 1.29. The van der Waals surface area contributed by atoms with Gasteiger partial charge in [0, 0.05) is 19.7 Å². The van der Waals surface area contributed by atoms with Crippen LogP contribution in [-0.4, -0.2) is 47.2 Å². The molecule has 1 rings (SSSR count). The molecular formula is C11H21N5O2. The highest BCUT2D eigenvalue weighted by Gasteiger charge is 2.09. The van der Waals surface area contributed by atoms with Crippen LogP contribution in [0.15, 0.2) is 6.20 Å². The first kappa shape index (κ1) is 14.6. The number of hydrogen-bond acceptors (Lipinski definition) is 5. The zero-order valence-electron chi connectivity index (χ0n) is 10.9. The summed E-state index contributed by atoms with van der Waals surface area (Å²) in [6.07, 6.45) is 1.58. The van der Waals surface area contributed by atoms with Crippen molar-refractivity contribution in [3.8, 4) is 0 Å². The van der Waals surface area contributed by atoms with Crippen molar-refractivity contribution in [2.24, 2.45) is 11.7 Å². The van der Waals surface area contributed by atoms with Gasteiger partial charge in [0.05, 0.1) is 19.3 Å². The van der Waals surface area contributed by atoms with Crippen molar-refractivity contribution in [3.05, 3.63) is 11.9 Å². The fourth-order valence-electron chi connectivity index (χ4n) is 1.29. The van der Waals surface area contributed by atoms with E-state index in [0.29, 0.717) is 44.5 Å². The van der Waals surface area contributed by atoms with Crippen molar-refractivity contribution in [2.45, 2.75) is 20.4 Å². The quantitative estimate of drug-likeness (QED) is 0.618. The van der Waals surface area contributed by atoms with Gasteiger partial charge >= 0.3 is 0 Å². The summed E-state index contributed by atoms with van der Waals surface area (Å²) in [4.78, 5) is 11.6. The molecule has 3 N–H and O–H groups in total. The topological polar surface area (TPSA) is 95.1 Å². The minimum Gasteiger partial charge on any atom is -0.379 e. The van der Waals surface area contributed by atoms with Gasteiger partial charge in [-0.25, -0.2) is 0 Å². The van der Waals surface area contributed by atoms with Crippen molar-refractivity contribution in [2.75, 3.05) is 26.3 Å². The number of nitrogens with zero attached hydrogens (tertiary/aromatic N) is 3. The number of aromatic nitrogens is 3. The first-order valence-corrected chi connectivity index (χ1v) is 6.09. The van der Waals surface area contributed by atoms with Crippen LogP contribution < -0.4 is 11.1 Å². The lowest BCUT2D eigenvalue weighted by molar-refractivity contribution is 0.0882. The zero-order valence-corrected chi connectivity index (χ0v) is 10.9. The van der Waals surface area contributed by atoms with Crippen LogP contribution in [0.4, 0.5) is 0 Å². The van der Waals surface area contributed by atoms with Gasteiger partial charge in [0.2, 0.25) is 0 Å². The molecule has 1 aromatic heterocycles. The molecule has 0 saturated heterocycles. The Hall–Kier alpha value is -1.47. The first-order valence-electron chi connectivity index (χ1n) is 6.09. The molecule has 0 aromatic carbocycles. The number of nitrogens with two attached hydrogens (primary N) is 1. The van der Waals surface area contributed by atoms with E-state index in [4.69, 9.17) is 10.5 Å². The molecule has 0 atom stereocenters. The van der Waals surface area contributed by atoms with Crippen molar-refractivity contribution in [3.63, 3.8) is 0 Å². The standard InChI is InChI=1S/C11H21N5O2/c1-9(2)8-18-6-4-13-11(17)10-7-16(5-3-12)15-14-10/h7,9H,3-6,8,12H2,1-2H3,(H,13,17). The van der Waals surface area contributed by atoms with Gasteiger partial charge in [-0.1, -0.05) is 19.1 Å². The summed E-state index contributed by atoms with van der Waals surface area (Å²) in [6.45, 7) is 6.84. The second-order valence-corrected chi connectivity index (χ2v) is 4.38. The van der Waals surface area contributed by atoms with Gasteiger partial charge in [-0.2, -0.15) is 0 Å². The zero-order chi connectivity index (χ0) is 13.4. The van der Waals surface area contributed by atoms with Crippen molar-refractivity contribution in [1.29, 1.82) is 0 Å². The normalized spacial score (nSPS) is 10.9. The minimum absolute atomic E-state index is 0.244. The number of carbonyl (C=O) groups is 1. The van der Waals surface area contributed by atoms with Gasteiger partial charge in [0.25, 0.3) is 5.91 Å². The maximum Gasteiger partial charge on any atom is 0.273 e. The highest BCUT2D eigenvalue weighted by molar-refractivity contribution is 5.91. The lowest BCUT2D eigenvalue weighted by Gasteiger charge is -2.06. The lowest BCUT2D eigenvalue weighted by Crippen LogP contribution is -2.28. The predicted molar refractivity (Wildman–Crippen MR) is 67.1 cm³/mol. The predicted octanol–water partition coefficient (Wildman–Crippen LogP) is -0.361. The van der Waals surface area contributed by atoms with E-state index in [1.165, 1.54) is 0 Å². The third-order valence-corrected chi connectivity index (χ3v) is 2.11. The summed E-state index contributed by atoms with van der Waals surface area (Å²) in [5.41, 5.74) is 5.68. The van der Waals surface area contributed by atoms with Crippen LogP contribution in [-0.2, 0) is 11.3 Å². The van der Waals surface area contributed by atoms with E-state index in [1.54, 1.807) is 10.9 Å². The Morgan fingerprint density at radius 1 is 1.61 bits per heavy atom. The largest absolute Gasteiger partial charge is 0.379 e. The maximum atomic E-state index is 11.6. The van der Waals surface area contributed by atoms with E-state index in [0.717, 1.165) is 0 Å². The molecule has 7 heteroatoms. The van der Waals surface area contributed by atoms with Gasteiger partial charge < -0.3 is 15.8 Å². The molecule has 0 saturated carbocycles. The molecule has 0 aliphatic carbocycles. The molecule has 0 aliphatic heterocycles. The molecule has 1 amide bonds. The molecule has 1 heterocycles. The van der Waals surface area contributed by atoms with Crippen LogP contribution in [0.5, 0.6) is 0 Å². The molecule has 0 radical (unpaired) electrons. The van der Waals surface area contributed by atoms with Crippen LogP contribution in [0, 0.1) is 5.92 Å². The molecule has 0 spiro atoms. The van der Waals surface area contributed by atoms with Crippen LogP contribution in [0.2, 0.25) is 0 Å². The summed E-state index contributed by atoms with van der Waals surface area (Å²) < 4.78 is 6.90. The van der Waals surface area contributed by atoms with E-state index in [2.05, 4.69) is 29.5 Å². The second-order valence-electron chi connectivity index (χ2n) is 4.38. The number of rotatable bonds is 8. The third-order valence-electron chi connectivity index (χ3n) is 2.11. The van der Waals surface area contributed by atoms with Gasteiger partial charge in [0.15, 0.2) is 5.69 Å². The fraction of sp³-hybridized carbons (Fsp3) is 0.727. The second kappa shape index (κ2) is 7.78. The van der Waals surface area contributed by atoms with Crippen LogP contribution in [0.3, 0.4) is 0 Å². The van der Waals surface area contributed by atoms with E-state index in [1.807, 2.05) is 0 Å². The first-order chi connectivity index (χ1) is 8.63. The average molecular weight is 255 g/mol. The van der Waals surface area contributed by atoms with Crippen molar-refractivity contribution in [1.82, 2.24) is 20.3 Å². The molecular weight excluding hydrogens is 234 g/mol. The van der Waals surface area contributed by atoms with Gasteiger partial charge in [0.1, 0.15) is 0 Å². The lowest BCUT2D eigenvalue weighted by atomic mass is 10.2. The van der Waals surface area contributed by atoms with Gasteiger partial charge in [-0.15, -0.1) is 5.10 Å². The molecule has 18 heavy (non-hydrogen) atoms. The van der Waals surface area contributed by atoms with Gasteiger partial charge in [-0.05, 0) is 5.92 Å². The monoisotopic (exact) mass is 255 g/mol. The smallest absolute Gasteiger partial charge is 0.273 e. The Kier molecular flexibility index (Phi) is 6.31. The molecule has 1 aromatic rings. The Morgan fingerprint density at radius 2 is 2.39 bits per heavy atom. The summed E-state index contributed by atoms with van der Waals surface area (Å²) in [5, 5.41) is 10.3.